The Kier molecular flexibility index (Phi) is 3.62. The Balaban J connectivity index is 2.00. The largest absolute Gasteiger partial charge is 0.394 e. The Morgan fingerprint density at radius 2 is 2.26 bits per heavy atom. The minimum atomic E-state index is -0.484. The maximum Gasteiger partial charge on any atom is 0.270 e. The van der Waals surface area contributed by atoms with Gasteiger partial charge in [-0.1, -0.05) is 12.1 Å². The lowest BCUT2D eigenvalue weighted by Gasteiger charge is -2.11. The summed E-state index contributed by atoms with van der Waals surface area (Å²) in [5, 5.41) is 22.4. The van der Waals surface area contributed by atoms with Crippen LogP contribution < -0.4 is 5.32 Å². The van der Waals surface area contributed by atoms with Gasteiger partial charge in [0.05, 0.1) is 17.1 Å². The predicted molar refractivity (Wildman–Crippen MR) is 69.3 cm³/mol. The van der Waals surface area contributed by atoms with Crippen LogP contribution in [0.3, 0.4) is 0 Å². The zero-order chi connectivity index (χ0) is 13.9. The molecule has 0 aliphatic heterocycles. The van der Waals surface area contributed by atoms with E-state index < -0.39 is 10.5 Å². The number of nitro groups is 1. The highest BCUT2D eigenvalue weighted by Gasteiger charge is 2.42. The summed E-state index contributed by atoms with van der Waals surface area (Å²) in [6.45, 7) is -0.0661. The van der Waals surface area contributed by atoms with E-state index in [1.54, 1.807) is 12.1 Å². The molecule has 0 bridgehead atoms. The first-order valence-electron chi connectivity index (χ1n) is 5.90. The second-order valence-corrected chi connectivity index (χ2v) is 4.61. The minimum Gasteiger partial charge on any atom is -0.394 e. The lowest BCUT2D eigenvalue weighted by Crippen LogP contribution is -2.38. The van der Waals surface area contributed by atoms with Crippen LogP contribution in [0.1, 0.15) is 18.4 Å². The number of aliphatic hydroxyl groups excluding tert-OH is 1. The average molecular weight is 262 g/mol. The van der Waals surface area contributed by atoms with Crippen molar-refractivity contribution in [3.63, 3.8) is 0 Å². The van der Waals surface area contributed by atoms with Crippen molar-refractivity contribution in [3.05, 3.63) is 46.0 Å². The van der Waals surface area contributed by atoms with Crippen LogP contribution in [0.15, 0.2) is 30.3 Å². The van der Waals surface area contributed by atoms with Crippen LogP contribution in [-0.4, -0.2) is 28.1 Å². The number of aliphatic hydroxyl groups is 1. The standard InChI is InChI=1S/C13H14N2O4/c16-9-13(6-7-13)14-12(17)5-4-10-2-1-3-11(8-10)15(18)19/h1-5,8,16H,6-7,9H2,(H,14,17)/b5-4+. The molecule has 1 aliphatic rings. The van der Waals surface area contributed by atoms with Crippen molar-refractivity contribution < 1.29 is 14.8 Å². The van der Waals surface area contributed by atoms with Gasteiger partial charge in [0.25, 0.3) is 5.69 Å². The monoisotopic (exact) mass is 262 g/mol. The molecule has 0 aromatic heterocycles. The molecule has 1 aromatic rings. The normalized spacial score (nSPS) is 16.3. The third-order valence-electron chi connectivity index (χ3n) is 3.05. The van der Waals surface area contributed by atoms with Gasteiger partial charge in [-0.15, -0.1) is 0 Å². The summed E-state index contributed by atoms with van der Waals surface area (Å²) < 4.78 is 0. The van der Waals surface area contributed by atoms with Crippen LogP contribution in [0.25, 0.3) is 6.08 Å². The summed E-state index contributed by atoms with van der Waals surface area (Å²) in [6, 6.07) is 6.02. The van der Waals surface area contributed by atoms with E-state index in [4.69, 9.17) is 5.11 Å². The fourth-order valence-electron chi connectivity index (χ4n) is 1.69. The van der Waals surface area contributed by atoms with Gasteiger partial charge in [-0.2, -0.15) is 0 Å². The number of hydrogen-bond donors (Lipinski definition) is 2. The molecule has 2 N–H and O–H groups in total. The summed E-state index contributed by atoms with van der Waals surface area (Å²) in [5.41, 5.74) is 0.110. The van der Waals surface area contributed by atoms with E-state index in [2.05, 4.69) is 5.32 Å². The van der Waals surface area contributed by atoms with Gasteiger partial charge in [-0.3, -0.25) is 14.9 Å². The van der Waals surface area contributed by atoms with Crippen LogP contribution in [0.2, 0.25) is 0 Å². The topological polar surface area (TPSA) is 92.5 Å². The van der Waals surface area contributed by atoms with Crippen molar-refractivity contribution in [2.24, 2.45) is 0 Å². The van der Waals surface area contributed by atoms with Gasteiger partial charge in [-0.05, 0) is 24.5 Å². The van der Waals surface area contributed by atoms with Crippen molar-refractivity contribution in [1.29, 1.82) is 0 Å². The number of nitro benzene ring substituents is 1. The minimum absolute atomic E-state index is 0.0171. The summed E-state index contributed by atoms with van der Waals surface area (Å²) in [4.78, 5) is 21.7. The van der Waals surface area contributed by atoms with Crippen molar-refractivity contribution in [1.82, 2.24) is 5.32 Å². The number of benzene rings is 1. The van der Waals surface area contributed by atoms with E-state index >= 15 is 0 Å². The first-order valence-corrected chi connectivity index (χ1v) is 5.90. The molecule has 0 saturated heterocycles. The number of nitrogens with one attached hydrogen (secondary N) is 1. The van der Waals surface area contributed by atoms with Gasteiger partial charge in [0.15, 0.2) is 0 Å². The Morgan fingerprint density at radius 1 is 1.53 bits per heavy atom. The lowest BCUT2D eigenvalue weighted by molar-refractivity contribution is -0.384. The molecule has 6 nitrogen and oxygen atoms in total. The molecule has 0 radical (unpaired) electrons. The van der Waals surface area contributed by atoms with E-state index in [9.17, 15) is 14.9 Å². The second-order valence-electron chi connectivity index (χ2n) is 4.61. The molecule has 100 valence electrons. The second kappa shape index (κ2) is 5.19. The third-order valence-corrected chi connectivity index (χ3v) is 3.05. The Morgan fingerprint density at radius 3 is 2.84 bits per heavy atom. The summed E-state index contributed by atoms with van der Waals surface area (Å²) >= 11 is 0. The van der Waals surface area contributed by atoms with Crippen LogP contribution >= 0.6 is 0 Å². The zero-order valence-electron chi connectivity index (χ0n) is 10.2. The van der Waals surface area contributed by atoms with E-state index in [1.807, 2.05) is 0 Å². The van der Waals surface area contributed by atoms with Crippen molar-refractivity contribution >= 4 is 17.7 Å². The molecule has 0 heterocycles. The molecule has 1 amide bonds. The molecule has 2 rings (SSSR count). The fourth-order valence-corrected chi connectivity index (χ4v) is 1.69. The summed E-state index contributed by atoms with van der Waals surface area (Å²) in [6.07, 6.45) is 4.38. The maximum atomic E-state index is 11.6. The Bertz CT molecular complexity index is 535. The molecule has 0 spiro atoms. The third kappa shape index (κ3) is 3.38. The van der Waals surface area contributed by atoms with Gasteiger partial charge in [0.2, 0.25) is 5.91 Å². The van der Waals surface area contributed by atoms with Crippen LogP contribution in [0, 0.1) is 10.1 Å². The highest BCUT2D eigenvalue weighted by Crippen LogP contribution is 2.34. The van der Waals surface area contributed by atoms with Gasteiger partial charge >= 0.3 is 0 Å². The van der Waals surface area contributed by atoms with E-state index in [0.717, 1.165) is 12.8 Å². The van der Waals surface area contributed by atoms with Crippen molar-refractivity contribution in [2.45, 2.75) is 18.4 Å². The summed E-state index contributed by atoms with van der Waals surface area (Å²) in [7, 11) is 0. The van der Waals surface area contributed by atoms with Gasteiger partial charge in [-0.25, -0.2) is 0 Å². The maximum absolute atomic E-state index is 11.6. The smallest absolute Gasteiger partial charge is 0.270 e. The van der Waals surface area contributed by atoms with E-state index in [0.29, 0.717) is 5.56 Å². The molecule has 1 aromatic carbocycles. The molecule has 0 atom stereocenters. The molecule has 1 aliphatic carbocycles. The van der Waals surface area contributed by atoms with Crippen LogP contribution in [0.5, 0.6) is 0 Å². The molecule has 1 saturated carbocycles. The molecule has 0 unspecified atom stereocenters. The Hall–Kier alpha value is -2.21. The number of hydrogen-bond acceptors (Lipinski definition) is 4. The number of carbonyl (C=O) groups excluding carboxylic acids is 1. The van der Waals surface area contributed by atoms with Crippen LogP contribution in [-0.2, 0) is 4.79 Å². The average Bonchev–Trinajstić information content (AvgIpc) is 3.17. The number of nitrogens with zero attached hydrogens (tertiary/aromatic N) is 1. The molecular formula is C13H14N2O4. The predicted octanol–water partition coefficient (Wildman–Crippen LogP) is 1.25. The number of amides is 1. The first-order chi connectivity index (χ1) is 9.04. The fraction of sp³-hybridized carbons (Fsp3) is 0.308. The van der Waals surface area contributed by atoms with Crippen molar-refractivity contribution in [3.8, 4) is 0 Å². The quantitative estimate of drug-likeness (QED) is 0.474. The van der Waals surface area contributed by atoms with Crippen LogP contribution in [0.4, 0.5) is 5.69 Å². The highest BCUT2D eigenvalue weighted by molar-refractivity contribution is 5.92. The summed E-state index contributed by atoms with van der Waals surface area (Å²) in [5.74, 6) is -0.307. The number of carbonyl (C=O) groups is 1. The molecule has 1 fully saturated rings. The lowest BCUT2D eigenvalue weighted by atomic mass is 10.2. The molecular weight excluding hydrogens is 248 g/mol. The molecule has 19 heavy (non-hydrogen) atoms. The van der Waals surface area contributed by atoms with Crippen molar-refractivity contribution in [2.75, 3.05) is 6.61 Å². The first kappa shape index (κ1) is 13.2. The number of non-ortho nitro benzene ring substituents is 1. The van der Waals surface area contributed by atoms with Gasteiger partial charge < -0.3 is 10.4 Å². The number of rotatable bonds is 5. The molecule has 6 heteroatoms. The SMILES string of the molecule is O=C(/C=C/c1cccc([N+](=O)[O-])c1)NC1(CO)CC1. The van der Waals surface area contributed by atoms with Gasteiger partial charge in [0.1, 0.15) is 0 Å². The van der Waals surface area contributed by atoms with E-state index in [1.165, 1.54) is 24.3 Å². The van der Waals surface area contributed by atoms with Gasteiger partial charge in [0, 0.05) is 18.2 Å². The highest BCUT2D eigenvalue weighted by atomic mass is 16.6. The van der Waals surface area contributed by atoms with E-state index in [-0.39, 0.29) is 18.2 Å². The Labute approximate surface area is 109 Å². The zero-order valence-corrected chi connectivity index (χ0v) is 10.2.